The monoisotopic (exact) mass is 297 g/mol. The van der Waals surface area contributed by atoms with Gasteiger partial charge in [-0.25, -0.2) is 4.98 Å². The number of amides is 1. The van der Waals surface area contributed by atoms with Crippen LogP contribution < -0.4 is 11.1 Å². The number of thiophene rings is 1. The van der Waals surface area contributed by atoms with Crippen LogP contribution in [0, 0.1) is 6.92 Å². The average molecular weight is 297 g/mol. The van der Waals surface area contributed by atoms with Crippen molar-refractivity contribution < 1.29 is 4.79 Å². The minimum Gasteiger partial charge on any atom is -0.397 e. The summed E-state index contributed by atoms with van der Waals surface area (Å²) in [5, 5.41) is 3.78. The van der Waals surface area contributed by atoms with Crippen LogP contribution in [0.3, 0.4) is 0 Å². The summed E-state index contributed by atoms with van der Waals surface area (Å²) in [5.41, 5.74) is 8.73. The van der Waals surface area contributed by atoms with Crippen molar-refractivity contribution in [2.75, 3.05) is 5.73 Å². The molecule has 3 N–H and O–H groups in total. The average Bonchev–Trinajstić information content (AvgIpc) is 2.84. The number of benzene rings is 1. The molecule has 0 unspecified atom stereocenters. The molecule has 0 spiro atoms. The van der Waals surface area contributed by atoms with Crippen molar-refractivity contribution >= 4 is 33.1 Å². The molecular formula is C16H15N3OS. The first-order valence-electron chi connectivity index (χ1n) is 6.62. The van der Waals surface area contributed by atoms with Crippen LogP contribution in [0.25, 0.3) is 10.2 Å². The van der Waals surface area contributed by atoms with Gasteiger partial charge >= 0.3 is 0 Å². The van der Waals surface area contributed by atoms with Crippen LogP contribution >= 0.6 is 11.3 Å². The molecule has 0 aliphatic rings. The number of carbonyl (C=O) groups is 1. The van der Waals surface area contributed by atoms with E-state index >= 15 is 0 Å². The number of anilines is 1. The van der Waals surface area contributed by atoms with Crippen molar-refractivity contribution in [3.05, 3.63) is 58.6 Å². The van der Waals surface area contributed by atoms with Crippen LogP contribution in [0.15, 0.2) is 42.6 Å². The molecule has 2 heterocycles. The zero-order valence-corrected chi connectivity index (χ0v) is 12.4. The number of fused-ring (bicyclic) bond motifs is 1. The van der Waals surface area contributed by atoms with Crippen molar-refractivity contribution in [2.45, 2.75) is 13.5 Å². The zero-order valence-electron chi connectivity index (χ0n) is 11.6. The second kappa shape index (κ2) is 5.54. The molecule has 0 saturated heterocycles. The fourth-order valence-corrected chi connectivity index (χ4v) is 3.29. The van der Waals surface area contributed by atoms with E-state index in [0.29, 0.717) is 17.1 Å². The Hall–Kier alpha value is -2.40. The predicted octanol–water partition coefficient (Wildman–Crippen LogP) is 3.12. The number of nitrogen functional groups attached to an aromatic ring is 1. The number of hydrogen-bond acceptors (Lipinski definition) is 4. The first-order chi connectivity index (χ1) is 10.2. The van der Waals surface area contributed by atoms with Gasteiger partial charge in [0.15, 0.2) is 0 Å². The molecule has 21 heavy (non-hydrogen) atoms. The lowest BCUT2D eigenvalue weighted by molar-refractivity contribution is 0.0956. The number of carbonyl (C=O) groups excluding carboxylic acids is 1. The van der Waals surface area contributed by atoms with Gasteiger partial charge in [-0.15, -0.1) is 11.3 Å². The fourth-order valence-electron chi connectivity index (χ4n) is 2.23. The van der Waals surface area contributed by atoms with E-state index in [1.54, 1.807) is 6.20 Å². The molecule has 0 aliphatic carbocycles. The van der Waals surface area contributed by atoms with E-state index in [0.717, 1.165) is 21.3 Å². The Morgan fingerprint density at radius 2 is 2.05 bits per heavy atom. The Morgan fingerprint density at radius 3 is 2.76 bits per heavy atom. The van der Waals surface area contributed by atoms with Crippen LogP contribution in [0.2, 0.25) is 0 Å². The largest absolute Gasteiger partial charge is 0.397 e. The van der Waals surface area contributed by atoms with E-state index < -0.39 is 0 Å². The second-order valence-corrected chi connectivity index (χ2v) is 5.82. The highest BCUT2D eigenvalue weighted by Crippen LogP contribution is 2.34. The molecule has 0 aliphatic heterocycles. The van der Waals surface area contributed by atoms with Crippen LogP contribution in [-0.4, -0.2) is 10.9 Å². The van der Waals surface area contributed by atoms with Crippen molar-refractivity contribution in [3.63, 3.8) is 0 Å². The van der Waals surface area contributed by atoms with Crippen molar-refractivity contribution in [3.8, 4) is 0 Å². The van der Waals surface area contributed by atoms with E-state index in [9.17, 15) is 4.79 Å². The lowest BCUT2D eigenvalue weighted by Gasteiger charge is -2.04. The second-order valence-electron chi connectivity index (χ2n) is 4.82. The predicted molar refractivity (Wildman–Crippen MR) is 86.4 cm³/mol. The summed E-state index contributed by atoms with van der Waals surface area (Å²) < 4.78 is 0. The van der Waals surface area contributed by atoms with Gasteiger partial charge in [-0.3, -0.25) is 4.79 Å². The molecule has 3 aromatic rings. The molecule has 4 nitrogen and oxygen atoms in total. The van der Waals surface area contributed by atoms with E-state index in [-0.39, 0.29) is 5.91 Å². The van der Waals surface area contributed by atoms with E-state index in [1.165, 1.54) is 11.3 Å². The number of nitrogens with zero attached hydrogens (tertiary/aromatic N) is 1. The van der Waals surface area contributed by atoms with Gasteiger partial charge < -0.3 is 11.1 Å². The third-order valence-electron chi connectivity index (χ3n) is 3.34. The summed E-state index contributed by atoms with van der Waals surface area (Å²) in [6.07, 6.45) is 1.74. The molecule has 0 atom stereocenters. The van der Waals surface area contributed by atoms with Gasteiger partial charge in [0, 0.05) is 18.1 Å². The van der Waals surface area contributed by atoms with Crippen LogP contribution in [0.1, 0.15) is 20.8 Å². The summed E-state index contributed by atoms with van der Waals surface area (Å²) >= 11 is 1.33. The molecular weight excluding hydrogens is 282 g/mol. The first kappa shape index (κ1) is 13.6. The van der Waals surface area contributed by atoms with Crippen molar-refractivity contribution in [2.24, 2.45) is 0 Å². The van der Waals surface area contributed by atoms with E-state index in [1.807, 2.05) is 43.3 Å². The summed E-state index contributed by atoms with van der Waals surface area (Å²) in [6, 6.07) is 11.7. The van der Waals surface area contributed by atoms with Gasteiger partial charge in [-0.1, -0.05) is 30.3 Å². The molecule has 1 amide bonds. The van der Waals surface area contributed by atoms with Gasteiger partial charge in [-0.05, 0) is 24.1 Å². The van der Waals surface area contributed by atoms with Gasteiger partial charge in [0.05, 0.1) is 5.69 Å². The molecule has 0 fully saturated rings. The maximum Gasteiger partial charge on any atom is 0.263 e. The molecule has 3 rings (SSSR count). The molecule has 106 valence electrons. The van der Waals surface area contributed by atoms with Gasteiger partial charge in [-0.2, -0.15) is 0 Å². The number of rotatable bonds is 3. The molecule has 5 heteroatoms. The van der Waals surface area contributed by atoms with Crippen LogP contribution in [-0.2, 0) is 6.54 Å². The Balaban J connectivity index is 1.85. The number of nitrogens with one attached hydrogen (secondary N) is 1. The number of hydrogen-bond donors (Lipinski definition) is 2. The number of nitrogens with two attached hydrogens (primary N) is 1. The summed E-state index contributed by atoms with van der Waals surface area (Å²) in [4.78, 5) is 17.9. The number of pyridine rings is 1. The Bertz CT molecular complexity index is 796. The topological polar surface area (TPSA) is 68.0 Å². The lowest BCUT2D eigenvalue weighted by Crippen LogP contribution is -2.22. The minimum atomic E-state index is -0.154. The third-order valence-corrected chi connectivity index (χ3v) is 4.45. The Labute approximate surface area is 126 Å². The molecule has 0 saturated carbocycles. The van der Waals surface area contributed by atoms with Gasteiger partial charge in [0.2, 0.25) is 0 Å². The Morgan fingerprint density at radius 1 is 1.29 bits per heavy atom. The molecule has 0 bridgehead atoms. The smallest absolute Gasteiger partial charge is 0.263 e. The highest BCUT2D eigenvalue weighted by Gasteiger charge is 2.17. The van der Waals surface area contributed by atoms with Crippen LogP contribution in [0.5, 0.6) is 0 Å². The summed E-state index contributed by atoms with van der Waals surface area (Å²) in [6.45, 7) is 2.46. The number of aromatic nitrogens is 1. The zero-order chi connectivity index (χ0) is 14.8. The maximum atomic E-state index is 12.3. The minimum absolute atomic E-state index is 0.154. The highest BCUT2D eigenvalue weighted by molar-refractivity contribution is 7.21. The fraction of sp³-hybridized carbons (Fsp3) is 0.125. The standard InChI is InChI=1S/C16H15N3OS/c1-10-7-8-18-16-12(10)13(17)14(21-16)15(20)19-9-11-5-3-2-4-6-11/h2-8H,9,17H2,1H3,(H,19,20). The Kier molecular flexibility index (Phi) is 3.58. The summed E-state index contributed by atoms with van der Waals surface area (Å²) in [5.74, 6) is -0.154. The van der Waals surface area contributed by atoms with E-state index in [4.69, 9.17) is 5.73 Å². The van der Waals surface area contributed by atoms with Crippen molar-refractivity contribution in [1.82, 2.24) is 10.3 Å². The van der Waals surface area contributed by atoms with Gasteiger partial charge in [0.1, 0.15) is 9.71 Å². The highest BCUT2D eigenvalue weighted by atomic mass is 32.1. The number of aryl methyl sites for hydroxylation is 1. The molecule has 2 aromatic heterocycles. The van der Waals surface area contributed by atoms with Crippen LogP contribution in [0.4, 0.5) is 5.69 Å². The van der Waals surface area contributed by atoms with Crippen molar-refractivity contribution in [1.29, 1.82) is 0 Å². The quantitative estimate of drug-likeness (QED) is 0.780. The summed E-state index contributed by atoms with van der Waals surface area (Å²) in [7, 11) is 0. The molecule has 1 aromatic carbocycles. The van der Waals surface area contributed by atoms with Gasteiger partial charge in [0.25, 0.3) is 5.91 Å². The normalized spacial score (nSPS) is 10.7. The van der Waals surface area contributed by atoms with E-state index in [2.05, 4.69) is 10.3 Å². The third kappa shape index (κ3) is 2.60. The SMILES string of the molecule is Cc1ccnc2sc(C(=O)NCc3ccccc3)c(N)c12. The molecule has 0 radical (unpaired) electrons. The first-order valence-corrected chi connectivity index (χ1v) is 7.44. The maximum absolute atomic E-state index is 12.3. The lowest BCUT2D eigenvalue weighted by atomic mass is 10.1.